The summed E-state index contributed by atoms with van der Waals surface area (Å²) in [5.41, 5.74) is 0.334. The van der Waals surface area contributed by atoms with E-state index in [1.165, 1.54) is 12.1 Å². The third-order valence-electron chi connectivity index (χ3n) is 2.36. The molecular formula is C13H9BrN2O3. The van der Waals surface area contributed by atoms with Crippen LogP contribution in [0.25, 0.3) is 0 Å². The Morgan fingerprint density at radius 3 is 2.53 bits per heavy atom. The lowest BCUT2D eigenvalue weighted by atomic mass is 10.2. The second-order valence-corrected chi connectivity index (χ2v) is 4.59. The van der Waals surface area contributed by atoms with Gasteiger partial charge in [0.25, 0.3) is 5.69 Å². The number of hydrogen-bond donors (Lipinski definition) is 1. The van der Waals surface area contributed by atoms with E-state index in [1.54, 1.807) is 36.4 Å². The van der Waals surface area contributed by atoms with Crippen LogP contribution >= 0.6 is 15.9 Å². The average Bonchev–Trinajstić information content (AvgIpc) is 2.39. The fourth-order valence-electron chi connectivity index (χ4n) is 1.50. The summed E-state index contributed by atoms with van der Waals surface area (Å²) in [5, 5.41) is 24.8. The van der Waals surface area contributed by atoms with Crippen molar-refractivity contribution < 1.29 is 14.8 Å². The van der Waals surface area contributed by atoms with Crippen LogP contribution < -0.4 is 0 Å². The van der Waals surface area contributed by atoms with Crippen LogP contribution in [0.4, 0.5) is 11.4 Å². The summed E-state index contributed by atoms with van der Waals surface area (Å²) >= 11 is 3.17. The molecule has 0 radical (unpaired) electrons. The van der Waals surface area contributed by atoms with Crippen molar-refractivity contribution in [2.75, 3.05) is 0 Å². The average molecular weight is 321 g/mol. The topological polar surface area (TPSA) is 75.7 Å². The zero-order valence-electron chi connectivity index (χ0n) is 9.65. The molecule has 0 aliphatic heterocycles. The number of halogens is 1. The van der Waals surface area contributed by atoms with E-state index >= 15 is 0 Å². The van der Waals surface area contributed by atoms with Gasteiger partial charge in [0.2, 0.25) is 0 Å². The molecule has 5 nitrogen and oxygen atoms in total. The predicted octanol–water partition coefficient (Wildman–Crippen LogP) is 4.07. The fourth-order valence-corrected chi connectivity index (χ4v) is 1.86. The van der Waals surface area contributed by atoms with Crippen molar-refractivity contribution >= 4 is 33.3 Å². The van der Waals surface area contributed by atoms with E-state index in [9.17, 15) is 10.0 Å². The van der Waals surface area contributed by atoms with Gasteiger partial charge in [-0.05, 0) is 29.1 Å². The molecule has 0 aliphatic carbocycles. The molecule has 1 N–H and O–H groups in total. The van der Waals surface area contributed by atoms with Gasteiger partial charge < -0.3 is 10.3 Å². The summed E-state index contributed by atoms with van der Waals surface area (Å²) < 4.78 is 0.585. The highest BCUT2D eigenvalue weighted by Crippen LogP contribution is 2.25. The number of aromatic carboxylic acids is 1. The Bertz CT molecular complexity index is 642. The van der Waals surface area contributed by atoms with Gasteiger partial charge in [0, 0.05) is 15.7 Å². The molecule has 0 aromatic heterocycles. The van der Waals surface area contributed by atoms with E-state index < -0.39 is 5.97 Å². The molecule has 19 heavy (non-hydrogen) atoms. The van der Waals surface area contributed by atoms with Crippen molar-refractivity contribution in [2.45, 2.75) is 0 Å². The first-order chi connectivity index (χ1) is 9.08. The van der Waals surface area contributed by atoms with E-state index in [0.717, 1.165) is 0 Å². The minimum Gasteiger partial charge on any atom is -0.594 e. The molecule has 0 fully saturated rings. The second kappa shape index (κ2) is 5.62. The van der Waals surface area contributed by atoms with Crippen LogP contribution in [-0.2, 0) is 0 Å². The van der Waals surface area contributed by atoms with Crippen molar-refractivity contribution in [3.05, 3.63) is 63.8 Å². The highest BCUT2D eigenvalue weighted by Gasteiger charge is 2.18. The zero-order valence-corrected chi connectivity index (χ0v) is 11.2. The summed E-state index contributed by atoms with van der Waals surface area (Å²) in [6.45, 7) is 0. The molecule has 2 aromatic rings. The SMILES string of the molecule is O=C(O)c1cc(Br)ccc1[N+]([O-])=Nc1ccccc1. The van der Waals surface area contributed by atoms with Gasteiger partial charge in [-0.1, -0.05) is 34.1 Å². The minimum atomic E-state index is -1.18. The maximum absolute atomic E-state index is 11.9. The van der Waals surface area contributed by atoms with Crippen LogP contribution in [0, 0.1) is 5.21 Å². The molecule has 0 saturated heterocycles. The number of carboxylic acids is 1. The van der Waals surface area contributed by atoms with Crippen molar-refractivity contribution in [3.8, 4) is 0 Å². The molecule has 6 heteroatoms. The van der Waals surface area contributed by atoms with E-state index in [0.29, 0.717) is 15.0 Å². The van der Waals surface area contributed by atoms with Gasteiger partial charge in [0.15, 0.2) is 0 Å². The molecule has 2 rings (SSSR count). The Hall–Kier alpha value is -2.21. The monoisotopic (exact) mass is 320 g/mol. The Balaban J connectivity index is 2.47. The predicted molar refractivity (Wildman–Crippen MR) is 72.9 cm³/mol. The summed E-state index contributed by atoms with van der Waals surface area (Å²) in [4.78, 5) is 11.4. The third-order valence-corrected chi connectivity index (χ3v) is 2.85. The number of azo groups is 1. The Morgan fingerprint density at radius 1 is 1.21 bits per heavy atom. The zero-order chi connectivity index (χ0) is 13.8. The van der Waals surface area contributed by atoms with E-state index in [-0.39, 0.29) is 11.3 Å². The van der Waals surface area contributed by atoms with Crippen molar-refractivity contribution in [3.63, 3.8) is 0 Å². The van der Waals surface area contributed by atoms with Crippen LogP contribution in [0.3, 0.4) is 0 Å². The van der Waals surface area contributed by atoms with Crippen molar-refractivity contribution in [1.82, 2.24) is 0 Å². The Kier molecular flexibility index (Phi) is 3.91. The Labute approximate surface area is 117 Å². The van der Waals surface area contributed by atoms with Crippen molar-refractivity contribution in [2.24, 2.45) is 5.11 Å². The van der Waals surface area contributed by atoms with E-state index in [1.807, 2.05) is 0 Å². The summed E-state index contributed by atoms with van der Waals surface area (Å²) in [5.74, 6) is -1.18. The lowest BCUT2D eigenvalue weighted by molar-refractivity contribution is -0.435. The molecule has 0 atom stereocenters. The summed E-state index contributed by atoms with van der Waals surface area (Å²) in [6.07, 6.45) is 0. The number of carboxylic acid groups (broad SMARTS) is 1. The molecule has 0 aliphatic rings. The van der Waals surface area contributed by atoms with Crippen LogP contribution in [0.2, 0.25) is 0 Å². The minimum absolute atomic E-state index is 0.0143. The van der Waals surface area contributed by atoms with E-state index in [2.05, 4.69) is 21.0 Å². The molecule has 0 spiro atoms. The van der Waals surface area contributed by atoms with Gasteiger partial charge in [-0.3, -0.25) is 0 Å². The molecular weight excluding hydrogens is 312 g/mol. The van der Waals surface area contributed by atoms with Crippen LogP contribution in [0.15, 0.2) is 58.1 Å². The highest BCUT2D eigenvalue weighted by molar-refractivity contribution is 9.10. The molecule has 0 saturated carbocycles. The number of hydrogen-bond acceptors (Lipinski definition) is 3. The first-order valence-corrected chi connectivity index (χ1v) is 6.14. The van der Waals surface area contributed by atoms with Crippen molar-refractivity contribution in [1.29, 1.82) is 0 Å². The number of benzene rings is 2. The molecule has 2 aromatic carbocycles. The van der Waals surface area contributed by atoms with Gasteiger partial charge in [0.1, 0.15) is 11.3 Å². The third kappa shape index (κ3) is 3.17. The molecule has 0 heterocycles. The Morgan fingerprint density at radius 2 is 1.89 bits per heavy atom. The molecule has 0 bridgehead atoms. The smallest absolute Gasteiger partial charge is 0.342 e. The quantitative estimate of drug-likeness (QED) is 0.526. The number of nitrogens with zero attached hydrogens (tertiary/aromatic N) is 2. The van der Waals surface area contributed by atoms with Gasteiger partial charge in [-0.2, -0.15) is 0 Å². The lowest BCUT2D eigenvalue weighted by Gasteiger charge is -2.03. The normalized spacial score (nSPS) is 11.3. The highest BCUT2D eigenvalue weighted by atomic mass is 79.9. The number of rotatable bonds is 3. The second-order valence-electron chi connectivity index (χ2n) is 3.68. The molecule has 0 amide bonds. The largest absolute Gasteiger partial charge is 0.594 e. The number of carbonyl (C=O) groups is 1. The maximum atomic E-state index is 11.9. The van der Waals surface area contributed by atoms with Gasteiger partial charge in [-0.15, -0.1) is 0 Å². The molecule has 96 valence electrons. The first kappa shape index (κ1) is 13.2. The van der Waals surface area contributed by atoms with Gasteiger partial charge in [-0.25, -0.2) is 4.79 Å². The van der Waals surface area contributed by atoms with Gasteiger partial charge in [0.05, 0.1) is 0 Å². The van der Waals surface area contributed by atoms with Crippen LogP contribution in [0.5, 0.6) is 0 Å². The summed E-state index contributed by atoms with van der Waals surface area (Å²) in [6, 6.07) is 13.0. The van der Waals surface area contributed by atoms with E-state index in [4.69, 9.17) is 5.11 Å². The first-order valence-electron chi connectivity index (χ1n) is 5.35. The van der Waals surface area contributed by atoms with Crippen LogP contribution in [-0.4, -0.2) is 15.9 Å². The maximum Gasteiger partial charge on any atom is 0.342 e. The molecule has 0 unspecified atom stereocenters. The van der Waals surface area contributed by atoms with Gasteiger partial charge >= 0.3 is 5.97 Å². The standard InChI is InChI=1S/C13H9BrN2O3/c14-9-6-7-12(11(8-9)13(17)18)16(19)15-10-4-2-1-3-5-10/h1-8H,(H,17,18). The lowest BCUT2D eigenvalue weighted by Crippen LogP contribution is -2.03. The van der Waals surface area contributed by atoms with Crippen LogP contribution in [0.1, 0.15) is 10.4 Å². The fraction of sp³-hybridized carbons (Fsp3) is 0. The summed E-state index contributed by atoms with van der Waals surface area (Å²) in [7, 11) is 0.